The van der Waals surface area contributed by atoms with Crippen LogP contribution >= 0.6 is 0 Å². The molecule has 0 aliphatic carbocycles. The molecular formula is C22H26N2O5. The maximum atomic E-state index is 12.5. The van der Waals surface area contributed by atoms with E-state index in [9.17, 15) is 14.9 Å². The van der Waals surface area contributed by atoms with Crippen LogP contribution in [0.15, 0.2) is 36.4 Å². The van der Waals surface area contributed by atoms with Crippen molar-refractivity contribution in [1.29, 1.82) is 0 Å². The second-order valence-corrected chi connectivity index (χ2v) is 7.10. The Kier molecular flexibility index (Phi) is 6.49. The van der Waals surface area contributed by atoms with E-state index >= 15 is 0 Å². The van der Waals surface area contributed by atoms with Crippen LogP contribution in [0.25, 0.3) is 11.1 Å². The van der Waals surface area contributed by atoms with Crippen LogP contribution in [0, 0.1) is 17.0 Å². The summed E-state index contributed by atoms with van der Waals surface area (Å²) in [5.74, 6) is -0.418. The third kappa shape index (κ3) is 4.40. The Morgan fingerprint density at radius 1 is 1.24 bits per heavy atom. The Labute approximate surface area is 170 Å². The molecule has 0 radical (unpaired) electrons. The van der Waals surface area contributed by atoms with E-state index < -0.39 is 10.9 Å². The van der Waals surface area contributed by atoms with Gasteiger partial charge in [0.25, 0.3) is 5.69 Å². The molecule has 1 aliphatic heterocycles. The van der Waals surface area contributed by atoms with E-state index in [1.165, 1.54) is 19.2 Å². The predicted molar refractivity (Wildman–Crippen MR) is 111 cm³/mol. The van der Waals surface area contributed by atoms with E-state index in [4.69, 9.17) is 9.47 Å². The van der Waals surface area contributed by atoms with Crippen molar-refractivity contribution in [2.45, 2.75) is 32.7 Å². The van der Waals surface area contributed by atoms with E-state index in [-0.39, 0.29) is 5.69 Å². The molecule has 154 valence electrons. The molecule has 0 unspecified atom stereocenters. The van der Waals surface area contributed by atoms with Crippen LogP contribution in [0.4, 0.5) is 11.4 Å². The van der Waals surface area contributed by atoms with Gasteiger partial charge in [-0.3, -0.25) is 10.1 Å². The highest BCUT2D eigenvalue weighted by Gasteiger charge is 2.25. The summed E-state index contributed by atoms with van der Waals surface area (Å²) in [4.78, 5) is 25.5. The van der Waals surface area contributed by atoms with Crippen molar-refractivity contribution in [2.24, 2.45) is 0 Å². The molecule has 3 rings (SSSR count). The Morgan fingerprint density at radius 2 is 1.97 bits per heavy atom. The molecule has 7 nitrogen and oxygen atoms in total. The zero-order chi connectivity index (χ0) is 21.0. The van der Waals surface area contributed by atoms with Gasteiger partial charge < -0.3 is 14.4 Å². The summed E-state index contributed by atoms with van der Waals surface area (Å²) in [5.41, 5.74) is 3.72. The van der Waals surface area contributed by atoms with Crippen molar-refractivity contribution < 1.29 is 19.2 Å². The van der Waals surface area contributed by atoms with Crippen molar-refractivity contribution in [3.63, 3.8) is 0 Å². The number of rotatable bonds is 6. The van der Waals surface area contributed by atoms with Crippen molar-refractivity contribution in [2.75, 3.05) is 31.8 Å². The molecule has 0 bridgehead atoms. The number of hydrogen-bond donors (Lipinski definition) is 0. The van der Waals surface area contributed by atoms with Crippen LogP contribution in [0.1, 0.15) is 35.7 Å². The zero-order valence-electron chi connectivity index (χ0n) is 17.0. The molecule has 2 aromatic rings. The summed E-state index contributed by atoms with van der Waals surface area (Å²) in [5, 5.41) is 11.2. The van der Waals surface area contributed by atoms with Crippen molar-refractivity contribution in [3.05, 3.63) is 57.6 Å². The monoisotopic (exact) mass is 398 g/mol. The van der Waals surface area contributed by atoms with E-state index in [2.05, 4.69) is 11.8 Å². The van der Waals surface area contributed by atoms with Crippen LogP contribution in [0.3, 0.4) is 0 Å². The van der Waals surface area contributed by atoms with Gasteiger partial charge in [-0.25, -0.2) is 4.79 Å². The summed E-state index contributed by atoms with van der Waals surface area (Å²) in [6.07, 6.45) is 1.84. The number of carbonyl (C=O) groups is 1. The van der Waals surface area contributed by atoms with Crippen LogP contribution < -0.4 is 4.90 Å². The summed E-state index contributed by atoms with van der Waals surface area (Å²) in [7, 11) is 1.36. The number of nitro benzene ring substituents is 1. The van der Waals surface area contributed by atoms with Gasteiger partial charge in [-0.2, -0.15) is 0 Å². The molecule has 1 aliphatic rings. The fourth-order valence-corrected chi connectivity index (χ4v) is 3.91. The van der Waals surface area contributed by atoms with Crippen LogP contribution in [-0.4, -0.2) is 43.8 Å². The van der Waals surface area contributed by atoms with Crippen LogP contribution in [0.5, 0.6) is 0 Å². The van der Waals surface area contributed by atoms with Crippen molar-refractivity contribution in [3.8, 4) is 11.1 Å². The summed E-state index contributed by atoms with van der Waals surface area (Å²) in [6, 6.07) is 10.5. The molecule has 1 heterocycles. The van der Waals surface area contributed by atoms with Gasteiger partial charge in [0, 0.05) is 43.6 Å². The minimum Gasteiger partial charge on any atom is -0.465 e. The van der Waals surface area contributed by atoms with E-state index in [0.29, 0.717) is 30.4 Å². The van der Waals surface area contributed by atoms with Crippen molar-refractivity contribution >= 4 is 17.3 Å². The van der Waals surface area contributed by atoms with Gasteiger partial charge in [-0.15, -0.1) is 0 Å². The van der Waals surface area contributed by atoms with Gasteiger partial charge in [0.2, 0.25) is 0 Å². The van der Waals surface area contributed by atoms with Gasteiger partial charge in [-0.05, 0) is 55.5 Å². The number of anilines is 1. The molecule has 0 aromatic heterocycles. The molecule has 0 atom stereocenters. The van der Waals surface area contributed by atoms with Gasteiger partial charge >= 0.3 is 5.97 Å². The first-order chi connectivity index (χ1) is 14.0. The predicted octanol–water partition coefficient (Wildman–Crippen LogP) is 4.36. The Balaban J connectivity index is 2.14. The lowest BCUT2D eigenvalue weighted by atomic mass is 9.95. The highest BCUT2D eigenvalue weighted by molar-refractivity contribution is 5.95. The van der Waals surface area contributed by atoms with E-state index in [1.54, 1.807) is 12.1 Å². The molecule has 29 heavy (non-hydrogen) atoms. The lowest BCUT2D eigenvalue weighted by molar-refractivity contribution is -0.384. The van der Waals surface area contributed by atoms with Crippen LogP contribution in [-0.2, 0) is 9.47 Å². The first-order valence-corrected chi connectivity index (χ1v) is 9.78. The normalized spacial score (nSPS) is 14.4. The molecule has 0 spiro atoms. The molecule has 7 heteroatoms. The van der Waals surface area contributed by atoms with Gasteiger partial charge in [0.1, 0.15) is 0 Å². The lowest BCUT2D eigenvalue weighted by Gasteiger charge is -2.36. The number of esters is 1. The highest BCUT2D eigenvalue weighted by atomic mass is 16.6. The Hall–Kier alpha value is -2.93. The first-order valence-electron chi connectivity index (χ1n) is 9.78. The first kappa shape index (κ1) is 20.8. The SMILES string of the molecule is CCN(c1cc(-c2cccc([N+](=O)[O-])c2)cc(C(=O)OC)c1C)C1CCOCC1. The summed E-state index contributed by atoms with van der Waals surface area (Å²) >= 11 is 0. The molecule has 0 N–H and O–H groups in total. The smallest absolute Gasteiger partial charge is 0.338 e. The third-order valence-electron chi connectivity index (χ3n) is 5.46. The molecule has 0 amide bonds. The minimum atomic E-state index is -0.418. The average Bonchev–Trinajstić information content (AvgIpc) is 2.75. The topological polar surface area (TPSA) is 81.9 Å². The Morgan fingerprint density at radius 3 is 2.59 bits per heavy atom. The van der Waals surface area contributed by atoms with Gasteiger partial charge in [0.05, 0.1) is 17.6 Å². The number of non-ortho nitro benzene ring substituents is 1. The molecular weight excluding hydrogens is 372 g/mol. The number of benzene rings is 2. The van der Waals surface area contributed by atoms with Crippen molar-refractivity contribution in [1.82, 2.24) is 0 Å². The number of ether oxygens (including phenoxy) is 2. The second kappa shape index (κ2) is 9.05. The molecule has 1 saturated heterocycles. The molecule has 2 aromatic carbocycles. The van der Waals surface area contributed by atoms with E-state index in [1.807, 2.05) is 19.1 Å². The number of nitrogens with zero attached hydrogens (tertiary/aromatic N) is 2. The standard InChI is InChI=1S/C22H26N2O5/c1-4-23(18-8-10-29-11-9-18)21-14-17(13-20(15(21)2)22(25)28-3)16-6-5-7-19(12-16)24(26)27/h5-7,12-14,18H,4,8-11H2,1-3H3. The second-order valence-electron chi connectivity index (χ2n) is 7.10. The Bertz CT molecular complexity index is 906. The number of hydrogen-bond acceptors (Lipinski definition) is 6. The molecule has 1 fully saturated rings. The molecule has 0 saturated carbocycles. The lowest BCUT2D eigenvalue weighted by Crippen LogP contribution is -2.40. The summed E-state index contributed by atoms with van der Waals surface area (Å²) < 4.78 is 10.5. The summed E-state index contributed by atoms with van der Waals surface area (Å²) in [6.45, 7) is 6.22. The number of nitro groups is 1. The maximum absolute atomic E-state index is 12.5. The zero-order valence-corrected chi connectivity index (χ0v) is 17.0. The van der Waals surface area contributed by atoms with Gasteiger partial charge in [0.15, 0.2) is 0 Å². The fourth-order valence-electron chi connectivity index (χ4n) is 3.91. The largest absolute Gasteiger partial charge is 0.465 e. The fraction of sp³-hybridized carbons (Fsp3) is 0.409. The average molecular weight is 398 g/mol. The van der Waals surface area contributed by atoms with Crippen LogP contribution in [0.2, 0.25) is 0 Å². The minimum absolute atomic E-state index is 0.0148. The number of methoxy groups -OCH3 is 1. The highest BCUT2D eigenvalue weighted by Crippen LogP contribution is 2.34. The number of carbonyl (C=O) groups excluding carboxylic acids is 1. The third-order valence-corrected chi connectivity index (χ3v) is 5.46. The van der Waals surface area contributed by atoms with E-state index in [0.717, 1.165) is 36.2 Å². The maximum Gasteiger partial charge on any atom is 0.338 e. The quantitative estimate of drug-likeness (QED) is 0.408. The van der Waals surface area contributed by atoms with Gasteiger partial charge in [-0.1, -0.05) is 12.1 Å².